The molecule has 1 N–H and O–H groups in total. The van der Waals surface area contributed by atoms with E-state index in [1.54, 1.807) is 4.90 Å². The molecule has 2 amide bonds. The van der Waals surface area contributed by atoms with E-state index in [9.17, 15) is 28.0 Å². The number of pyridine rings is 1. The zero-order valence-corrected chi connectivity index (χ0v) is 28.0. The van der Waals surface area contributed by atoms with E-state index in [0.717, 1.165) is 37.5 Å². The van der Waals surface area contributed by atoms with Crippen LogP contribution in [0.3, 0.4) is 0 Å². The van der Waals surface area contributed by atoms with Crippen molar-refractivity contribution in [3.05, 3.63) is 63.1 Å². The number of amides is 2. The number of benzene rings is 1. The molecule has 0 saturated carbocycles. The maximum Gasteiger partial charge on any atom is 0.514 e. The Balaban J connectivity index is 1.44. The molecule has 0 aliphatic carbocycles. The average Bonchev–Trinajstić information content (AvgIpc) is 3.37. The van der Waals surface area contributed by atoms with Crippen LogP contribution in [0.15, 0.2) is 34.3 Å². The van der Waals surface area contributed by atoms with E-state index in [-0.39, 0.29) is 37.0 Å². The molecule has 1 aromatic heterocycles. The summed E-state index contributed by atoms with van der Waals surface area (Å²) in [5, 5.41) is 6.70. The molecular formula is C35H44F2N4O7. The fourth-order valence-corrected chi connectivity index (χ4v) is 6.76. The van der Waals surface area contributed by atoms with E-state index in [4.69, 9.17) is 14.3 Å². The van der Waals surface area contributed by atoms with Crippen molar-refractivity contribution < 1.29 is 37.5 Å². The van der Waals surface area contributed by atoms with Gasteiger partial charge in [0.25, 0.3) is 11.8 Å². The highest BCUT2D eigenvalue weighted by Gasteiger charge is 2.54. The van der Waals surface area contributed by atoms with Gasteiger partial charge in [-0.15, -0.1) is 0 Å². The summed E-state index contributed by atoms with van der Waals surface area (Å²) in [4.78, 5) is 62.0. The zero-order chi connectivity index (χ0) is 34.6. The molecule has 5 rings (SSSR count). The molecule has 0 unspecified atom stereocenters. The maximum atomic E-state index is 14.3. The largest absolute Gasteiger partial charge is 0.514 e. The first-order chi connectivity index (χ1) is 22.9. The minimum Gasteiger partial charge on any atom is -0.434 e. The average molecular weight is 671 g/mol. The van der Waals surface area contributed by atoms with Gasteiger partial charge in [0, 0.05) is 43.4 Å². The van der Waals surface area contributed by atoms with Crippen LogP contribution in [-0.2, 0) is 16.1 Å². The Labute approximate surface area is 278 Å². The number of nitrogens with one attached hydrogen (secondary N) is 1. The molecule has 1 fully saturated rings. The molecule has 260 valence electrons. The Bertz CT molecular complexity index is 1640. The van der Waals surface area contributed by atoms with Crippen LogP contribution < -0.4 is 15.5 Å². The van der Waals surface area contributed by atoms with E-state index in [0.29, 0.717) is 37.7 Å². The Hall–Kier alpha value is -4.29. The number of nitrogens with zero attached hydrogens (tertiary/aromatic N) is 3. The summed E-state index contributed by atoms with van der Waals surface area (Å²) >= 11 is 0. The molecule has 13 heteroatoms. The van der Waals surface area contributed by atoms with E-state index < -0.39 is 58.0 Å². The second-order valence-electron chi connectivity index (χ2n) is 13.5. The molecule has 1 saturated heterocycles. The molecule has 3 aliphatic heterocycles. The number of carbonyl (C=O) groups excluding carboxylic acids is 3. The number of fused-ring (bicyclic) bond motifs is 5. The molecule has 11 nitrogen and oxygen atoms in total. The lowest BCUT2D eigenvalue weighted by atomic mass is 9.84. The highest BCUT2D eigenvalue weighted by Crippen LogP contribution is 2.46. The van der Waals surface area contributed by atoms with Crippen LogP contribution in [0.5, 0.6) is 5.75 Å². The highest BCUT2D eigenvalue weighted by atomic mass is 19.1. The van der Waals surface area contributed by atoms with Crippen LogP contribution >= 0.6 is 0 Å². The summed E-state index contributed by atoms with van der Waals surface area (Å²) in [6, 6.07) is 2.12. The lowest BCUT2D eigenvalue weighted by molar-refractivity contribution is -0.0655. The van der Waals surface area contributed by atoms with Crippen molar-refractivity contribution >= 4 is 23.7 Å². The lowest BCUT2D eigenvalue weighted by Crippen LogP contribution is -2.52. The van der Waals surface area contributed by atoms with Gasteiger partial charge in [0.05, 0.1) is 18.4 Å². The van der Waals surface area contributed by atoms with E-state index in [1.807, 2.05) is 13.8 Å². The molecule has 3 aliphatic rings. The fourth-order valence-electron chi connectivity index (χ4n) is 6.76. The van der Waals surface area contributed by atoms with Gasteiger partial charge in [-0.3, -0.25) is 14.4 Å². The van der Waals surface area contributed by atoms with Crippen LogP contribution in [-0.4, -0.2) is 57.9 Å². The minimum atomic E-state index is -1.17. The Morgan fingerprint density at radius 1 is 1.15 bits per heavy atom. The first-order valence-corrected chi connectivity index (χ1v) is 16.8. The van der Waals surface area contributed by atoms with Gasteiger partial charge in [-0.25, -0.2) is 13.6 Å². The maximum absolute atomic E-state index is 14.3. The van der Waals surface area contributed by atoms with Gasteiger partial charge in [-0.05, 0) is 45.1 Å². The molecule has 48 heavy (non-hydrogen) atoms. The summed E-state index contributed by atoms with van der Waals surface area (Å²) in [7, 11) is 0. The van der Waals surface area contributed by atoms with E-state index in [2.05, 4.69) is 24.3 Å². The topological polar surface area (TPSA) is 129 Å². The van der Waals surface area contributed by atoms with Crippen LogP contribution in [0.25, 0.3) is 0 Å². The predicted octanol–water partition coefficient (Wildman–Crippen LogP) is 6.28. The predicted molar refractivity (Wildman–Crippen MR) is 173 cm³/mol. The molecule has 4 heterocycles. The standard InChI is InChI=1S/C35H44F2N4O7/c1-21(2)10-8-6-5-7-9-15-46-34(45)47-31-29-33(44)40-20-28(35(14-13-23(40)4)17-22(3)39-48-35)41(29)19-26(30(31)42)32(43)38-18-24-11-12-25(36)16-27(24)37/h11-12,16,19,21,23,28H,5-10,13-15,17-18,20H2,1-4H3,(H,38,43)/t23-,28+,35-/m0/s1. The lowest BCUT2D eigenvalue weighted by Gasteiger charge is -2.42. The number of hydrogen-bond donors (Lipinski definition) is 1. The van der Waals surface area contributed by atoms with Gasteiger partial charge in [0.2, 0.25) is 11.2 Å². The van der Waals surface area contributed by atoms with Crippen LogP contribution in [0.4, 0.5) is 13.6 Å². The molecule has 2 aromatic rings. The quantitative estimate of drug-likeness (QED) is 0.208. The second kappa shape index (κ2) is 14.9. The minimum absolute atomic E-state index is 0.00251. The van der Waals surface area contributed by atoms with Crippen molar-refractivity contribution in [3.63, 3.8) is 0 Å². The Morgan fingerprint density at radius 2 is 1.90 bits per heavy atom. The Morgan fingerprint density at radius 3 is 2.60 bits per heavy atom. The third kappa shape index (κ3) is 7.55. The first kappa shape index (κ1) is 35.0. The summed E-state index contributed by atoms with van der Waals surface area (Å²) in [5.74, 6) is -3.05. The van der Waals surface area contributed by atoms with Crippen molar-refractivity contribution in [1.82, 2.24) is 14.8 Å². The number of aromatic nitrogens is 1. The van der Waals surface area contributed by atoms with Crippen LogP contribution in [0.1, 0.15) is 118 Å². The van der Waals surface area contributed by atoms with Crippen molar-refractivity contribution in [3.8, 4) is 5.75 Å². The van der Waals surface area contributed by atoms with Gasteiger partial charge >= 0.3 is 6.16 Å². The van der Waals surface area contributed by atoms with Crippen molar-refractivity contribution in [2.45, 2.75) is 110 Å². The molecule has 0 radical (unpaired) electrons. The fraction of sp³-hybridized carbons (Fsp3) is 0.571. The first-order valence-electron chi connectivity index (χ1n) is 16.8. The number of unbranched alkanes of at least 4 members (excludes halogenated alkanes) is 4. The number of oxime groups is 1. The summed E-state index contributed by atoms with van der Waals surface area (Å²) < 4.78 is 40.0. The highest BCUT2D eigenvalue weighted by molar-refractivity contribution is 6.00. The van der Waals surface area contributed by atoms with Crippen molar-refractivity contribution in [1.29, 1.82) is 0 Å². The van der Waals surface area contributed by atoms with Crippen molar-refractivity contribution in [2.75, 3.05) is 13.2 Å². The van der Waals surface area contributed by atoms with E-state index in [1.165, 1.54) is 23.3 Å². The third-order valence-corrected chi connectivity index (χ3v) is 9.45. The second-order valence-corrected chi connectivity index (χ2v) is 13.5. The normalized spacial score (nSPS) is 21.4. The zero-order valence-electron chi connectivity index (χ0n) is 28.0. The van der Waals surface area contributed by atoms with Gasteiger partial charge in [-0.2, -0.15) is 0 Å². The summed E-state index contributed by atoms with van der Waals surface area (Å²) in [6.45, 7) is 8.04. The smallest absolute Gasteiger partial charge is 0.434 e. The number of hydrogen-bond acceptors (Lipinski definition) is 8. The van der Waals surface area contributed by atoms with Crippen molar-refractivity contribution in [2.24, 2.45) is 11.1 Å². The van der Waals surface area contributed by atoms with E-state index >= 15 is 0 Å². The monoisotopic (exact) mass is 670 g/mol. The number of ether oxygens (including phenoxy) is 2. The summed E-state index contributed by atoms with van der Waals surface area (Å²) in [5.41, 5.74) is -1.76. The van der Waals surface area contributed by atoms with Gasteiger partial charge in [0.1, 0.15) is 17.2 Å². The molecular weight excluding hydrogens is 626 g/mol. The number of carbonyl (C=O) groups is 3. The Kier molecular flexibility index (Phi) is 10.8. The molecule has 1 aromatic carbocycles. The molecule has 1 spiro atoms. The third-order valence-electron chi connectivity index (χ3n) is 9.45. The van der Waals surface area contributed by atoms with Crippen LogP contribution in [0, 0.1) is 17.6 Å². The van der Waals surface area contributed by atoms with Gasteiger partial charge in [0.15, 0.2) is 11.3 Å². The molecule has 2 bridgehead atoms. The number of halogens is 2. The number of rotatable bonds is 12. The SMILES string of the molecule is CC1=NO[C@@]2(CC[C@H](C)N3C[C@H]2n2cc(C(=O)NCc4ccc(F)cc4F)c(=O)c(OC(=O)OCCCCCCCC(C)C)c2C3=O)C1. The molecule has 3 atom stereocenters. The van der Waals surface area contributed by atoms with Crippen LogP contribution in [0.2, 0.25) is 0 Å². The van der Waals surface area contributed by atoms with Gasteiger partial charge < -0.3 is 29.1 Å². The summed E-state index contributed by atoms with van der Waals surface area (Å²) in [6.07, 6.45) is 7.52. The van der Waals surface area contributed by atoms with Gasteiger partial charge in [-0.1, -0.05) is 57.2 Å².